The monoisotopic (exact) mass is 715 g/mol. The third-order valence-electron chi connectivity index (χ3n) is 8.61. The molecule has 5 rings (SSSR count). The van der Waals surface area contributed by atoms with Crippen LogP contribution in [0.5, 0.6) is 5.75 Å². The van der Waals surface area contributed by atoms with Gasteiger partial charge in [-0.1, -0.05) is 34.6 Å². The summed E-state index contributed by atoms with van der Waals surface area (Å²) in [4.78, 5) is 2.80. The van der Waals surface area contributed by atoms with Crippen molar-refractivity contribution in [2.45, 2.75) is 53.1 Å². The second-order valence-electron chi connectivity index (χ2n) is 11.5. The molecule has 1 aliphatic carbocycles. The first-order valence-electron chi connectivity index (χ1n) is 14.5. The lowest BCUT2D eigenvalue weighted by Gasteiger charge is -2.49. The predicted octanol–water partition coefficient (Wildman–Crippen LogP) is 5.25. The Hall–Kier alpha value is -2.97. The highest BCUT2D eigenvalue weighted by Gasteiger charge is 2.42. The number of hydrogen-bond acceptors (Lipinski definition) is 8. The normalized spacial score (nSPS) is 22.8. The Labute approximate surface area is 268 Å². The minimum absolute atomic E-state index is 0.0589. The van der Waals surface area contributed by atoms with Crippen LogP contribution in [0.25, 0.3) is 10.9 Å². The SMILES string of the molecule is COc1cc(S(C)(=O)=O)ccc1NCC#Cc1cc2c(N[C@]3(I)CC[C@](C)(N4CCOCC4)CC3)cccc2n1CC#N. The summed E-state index contributed by atoms with van der Waals surface area (Å²) in [6.45, 7) is 6.55. The summed E-state index contributed by atoms with van der Waals surface area (Å²) in [6, 6.07) is 15.2. The molecular formula is C32H38IN5O4S. The summed E-state index contributed by atoms with van der Waals surface area (Å²) in [7, 11) is -1.84. The molecular weight excluding hydrogens is 677 g/mol. The van der Waals surface area contributed by atoms with Crippen LogP contribution in [0.4, 0.5) is 11.4 Å². The van der Waals surface area contributed by atoms with Gasteiger partial charge in [0.25, 0.3) is 0 Å². The molecule has 2 N–H and O–H groups in total. The van der Waals surface area contributed by atoms with E-state index in [0.29, 0.717) is 18.0 Å². The van der Waals surface area contributed by atoms with E-state index in [4.69, 9.17) is 9.47 Å². The highest BCUT2D eigenvalue weighted by molar-refractivity contribution is 14.1. The van der Waals surface area contributed by atoms with Gasteiger partial charge in [0.2, 0.25) is 0 Å². The zero-order valence-electron chi connectivity index (χ0n) is 24.9. The molecule has 1 aromatic heterocycles. The molecule has 0 radical (unpaired) electrons. The van der Waals surface area contributed by atoms with E-state index in [9.17, 15) is 13.7 Å². The van der Waals surface area contributed by atoms with E-state index >= 15 is 0 Å². The van der Waals surface area contributed by atoms with Crippen molar-refractivity contribution in [2.24, 2.45) is 0 Å². The third kappa shape index (κ3) is 7.07. The summed E-state index contributed by atoms with van der Waals surface area (Å²) in [6.07, 6.45) is 5.53. The Kier molecular flexibility index (Phi) is 9.47. The zero-order chi connectivity index (χ0) is 30.7. The minimum Gasteiger partial charge on any atom is -0.495 e. The molecule has 0 spiro atoms. The van der Waals surface area contributed by atoms with Gasteiger partial charge >= 0.3 is 0 Å². The minimum atomic E-state index is -3.34. The van der Waals surface area contributed by atoms with Crippen LogP contribution < -0.4 is 15.4 Å². The maximum absolute atomic E-state index is 11.9. The van der Waals surface area contributed by atoms with Gasteiger partial charge in [0, 0.05) is 42.0 Å². The molecule has 2 fully saturated rings. The maximum atomic E-state index is 11.9. The van der Waals surface area contributed by atoms with Crippen LogP contribution in [-0.2, 0) is 21.1 Å². The number of nitriles is 1. The summed E-state index contributed by atoms with van der Waals surface area (Å²) < 4.78 is 36.6. The Morgan fingerprint density at radius 3 is 2.51 bits per heavy atom. The van der Waals surface area contributed by atoms with Gasteiger partial charge in [0.15, 0.2) is 9.84 Å². The highest BCUT2D eigenvalue weighted by atomic mass is 127. The molecule has 0 atom stereocenters. The fraction of sp³-hybridized carbons (Fsp3) is 0.469. The van der Waals surface area contributed by atoms with Gasteiger partial charge in [-0.25, -0.2) is 8.42 Å². The van der Waals surface area contributed by atoms with Gasteiger partial charge in [-0.15, -0.1) is 0 Å². The van der Waals surface area contributed by atoms with Gasteiger partial charge in [-0.2, -0.15) is 5.26 Å². The maximum Gasteiger partial charge on any atom is 0.175 e. The first kappa shape index (κ1) is 31.5. The standard InChI is InChI=1S/C32H38IN5O4S/c1-31(37-18-20-42-21-19-37)11-13-32(33,14-12-31)36-27-7-4-8-29-26(27)22-24(38(29)17-15-34)6-5-16-35-28-10-9-25(43(3,39)40)23-30(28)41-2/h4,7-10,22-23,35-36H,11-14,16-21H2,1-3H3/t31-,32+. The average molecular weight is 716 g/mol. The van der Waals surface area contributed by atoms with Crippen LogP contribution in [0.1, 0.15) is 38.3 Å². The summed E-state index contributed by atoms with van der Waals surface area (Å²) in [5.74, 6) is 6.82. The second-order valence-corrected chi connectivity index (χ2v) is 15.6. The van der Waals surface area contributed by atoms with E-state index in [1.165, 1.54) is 19.4 Å². The number of halogens is 1. The van der Waals surface area contributed by atoms with Crippen molar-refractivity contribution in [1.82, 2.24) is 9.47 Å². The molecule has 0 amide bonds. The van der Waals surface area contributed by atoms with Crippen LogP contribution in [0.2, 0.25) is 0 Å². The molecule has 2 heterocycles. The number of fused-ring (bicyclic) bond motifs is 1. The average Bonchev–Trinajstić information content (AvgIpc) is 3.35. The van der Waals surface area contributed by atoms with E-state index in [-0.39, 0.29) is 20.5 Å². The van der Waals surface area contributed by atoms with Crippen molar-refractivity contribution in [2.75, 3.05) is 56.8 Å². The predicted molar refractivity (Wildman–Crippen MR) is 179 cm³/mol. The van der Waals surface area contributed by atoms with Crippen molar-refractivity contribution in [1.29, 1.82) is 5.26 Å². The highest BCUT2D eigenvalue weighted by Crippen LogP contribution is 2.45. The molecule has 1 aliphatic heterocycles. The quantitative estimate of drug-likeness (QED) is 0.141. The van der Waals surface area contributed by atoms with E-state index < -0.39 is 9.84 Å². The first-order chi connectivity index (χ1) is 20.5. The molecule has 228 valence electrons. The molecule has 9 nitrogen and oxygen atoms in total. The molecule has 1 saturated heterocycles. The number of alkyl halides is 1. The van der Waals surface area contributed by atoms with Gasteiger partial charge in [0.1, 0.15) is 12.3 Å². The van der Waals surface area contributed by atoms with Gasteiger partial charge in [0.05, 0.1) is 58.3 Å². The number of nitrogens with zero attached hydrogens (tertiary/aromatic N) is 3. The van der Waals surface area contributed by atoms with Gasteiger partial charge in [-0.3, -0.25) is 4.90 Å². The smallest absolute Gasteiger partial charge is 0.175 e. The lowest BCUT2D eigenvalue weighted by molar-refractivity contribution is -0.0311. The molecule has 0 bridgehead atoms. The summed E-state index contributed by atoms with van der Waals surface area (Å²) >= 11 is 2.60. The third-order valence-corrected chi connectivity index (χ3v) is 11.1. The van der Waals surface area contributed by atoms with Gasteiger partial charge < -0.3 is 24.7 Å². The number of benzene rings is 2. The number of sulfone groups is 1. The number of methoxy groups -OCH3 is 1. The van der Waals surface area contributed by atoms with Crippen LogP contribution >= 0.6 is 22.6 Å². The lowest BCUT2D eigenvalue weighted by atomic mass is 9.79. The molecule has 11 heteroatoms. The number of morpholine rings is 1. The number of nitrogens with one attached hydrogen (secondary N) is 2. The largest absolute Gasteiger partial charge is 0.495 e. The van der Waals surface area contributed by atoms with Crippen LogP contribution in [0, 0.1) is 23.2 Å². The van der Waals surface area contributed by atoms with Crippen molar-refractivity contribution >= 4 is 54.7 Å². The second kappa shape index (κ2) is 12.9. The fourth-order valence-corrected chi connectivity index (χ4v) is 7.50. The summed E-state index contributed by atoms with van der Waals surface area (Å²) in [5, 5.41) is 17.7. The topological polar surface area (TPSA) is 109 Å². The lowest BCUT2D eigenvalue weighted by Crippen LogP contribution is -2.55. The van der Waals surface area contributed by atoms with Gasteiger partial charge in [-0.05, 0) is 68.9 Å². The Bertz CT molecular complexity index is 1690. The number of aromatic nitrogens is 1. The first-order valence-corrected chi connectivity index (χ1v) is 17.4. The number of ether oxygens (including phenoxy) is 2. The van der Waals surface area contributed by atoms with Crippen LogP contribution in [0.3, 0.4) is 0 Å². The fourth-order valence-electron chi connectivity index (χ4n) is 6.03. The number of anilines is 2. The Balaban J connectivity index is 1.33. The Morgan fingerprint density at radius 2 is 1.84 bits per heavy atom. The van der Waals surface area contributed by atoms with E-state index in [1.807, 2.05) is 16.7 Å². The summed E-state index contributed by atoms with van der Waals surface area (Å²) in [5.41, 5.74) is 3.64. The Morgan fingerprint density at radius 1 is 1.09 bits per heavy atom. The molecule has 2 aromatic carbocycles. The van der Waals surface area contributed by atoms with Crippen LogP contribution in [-0.4, -0.2) is 73.2 Å². The van der Waals surface area contributed by atoms with Crippen molar-refractivity contribution in [3.05, 3.63) is 48.2 Å². The molecule has 0 unspecified atom stereocenters. The number of rotatable bonds is 8. The van der Waals surface area contributed by atoms with E-state index in [1.54, 1.807) is 12.1 Å². The van der Waals surface area contributed by atoms with E-state index in [2.05, 4.69) is 75.1 Å². The molecule has 3 aromatic rings. The van der Waals surface area contributed by atoms with Crippen molar-refractivity contribution < 1.29 is 17.9 Å². The van der Waals surface area contributed by atoms with Crippen molar-refractivity contribution in [3.8, 4) is 23.7 Å². The van der Waals surface area contributed by atoms with Crippen molar-refractivity contribution in [3.63, 3.8) is 0 Å². The number of hydrogen-bond donors (Lipinski definition) is 2. The van der Waals surface area contributed by atoms with E-state index in [0.717, 1.165) is 74.3 Å². The zero-order valence-corrected chi connectivity index (χ0v) is 27.8. The molecule has 2 aliphatic rings. The molecule has 43 heavy (non-hydrogen) atoms. The molecule has 1 saturated carbocycles. The van der Waals surface area contributed by atoms with Crippen LogP contribution in [0.15, 0.2) is 47.4 Å².